The number of hydrogen-bond donors (Lipinski definition) is 2. The Balaban J connectivity index is 2.65. The third-order valence-corrected chi connectivity index (χ3v) is 1.85. The van der Waals surface area contributed by atoms with Gasteiger partial charge in [0.05, 0.1) is 0 Å². The molecule has 0 radical (unpaired) electrons. The van der Waals surface area contributed by atoms with E-state index in [1.54, 1.807) is 0 Å². The Hall–Kier alpha value is -0.860. The monoisotopic (exact) mass is 166 g/mol. The van der Waals surface area contributed by atoms with Crippen LogP contribution in [0.2, 0.25) is 0 Å². The average Bonchev–Trinajstić information content (AvgIpc) is 2.05. The number of rotatable bonds is 3. The van der Waals surface area contributed by atoms with Crippen LogP contribution in [0.1, 0.15) is 18.1 Å². The van der Waals surface area contributed by atoms with E-state index in [0.717, 1.165) is 12.0 Å². The highest BCUT2D eigenvalue weighted by atomic mass is 16.5. The Labute approximate surface area is 72.5 Å². The lowest BCUT2D eigenvalue weighted by Crippen LogP contribution is -2.07. The third kappa shape index (κ3) is 2.64. The summed E-state index contributed by atoms with van der Waals surface area (Å²) in [5.41, 5.74) is 2.23. The molecule has 0 bridgehead atoms. The highest BCUT2D eigenvalue weighted by Crippen LogP contribution is 2.06. The molecule has 66 valence electrons. The Bertz CT molecular complexity index is 226. The number of hydrogen-bond acceptors (Lipinski definition) is 2. The van der Waals surface area contributed by atoms with Gasteiger partial charge < -0.3 is 10.2 Å². The lowest BCUT2D eigenvalue weighted by atomic mass is 10.1. The summed E-state index contributed by atoms with van der Waals surface area (Å²) in [6.45, 7) is 2.09. The highest BCUT2D eigenvalue weighted by Gasteiger charge is 1.99. The molecule has 0 aliphatic rings. The van der Waals surface area contributed by atoms with Crippen LogP contribution in [0, 0.1) is 0 Å². The average molecular weight is 166 g/mol. The summed E-state index contributed by atoms with van der Waals surface area (Å²) in [5.74, 6) is 0. The molecule has 0 aromatic heterocycles. The van der Waals surface area contributed by atoms with Gasteiger partial charge in [0.15, 0.2) is 6.29 Å². The summed E-state index contributed by atoms with van der Waals surface area (Å²) in [7, 11) is 0. The van der Waals surface area contributed by atoms with Gasteiger partial charge in [0.1, 0.15) is 0 Å². The molecule has 2 heteroatoms. The Morgan fingerprint density at radius 2 is 1.58 bits per heavy atom. The van der Waals surface area contributed by atoms with Gasteiger partial charge in [0.2, 0.25) is 0 Å². The molecule has 12 heavy (non-hydrogen) atoms. The molecule has 1 rings (SSSR count). The lowest BCUT2D eigenvalue weighted by molar-refractivity contribution is -0.0381. The van der Waals surface area contributed by atoms with Gasteiger partial charge in [-0.05, 0) is 17.5 Å². The van der Waals surface area contributed by atoms with Gasteiger partial charge in [-0.15, -0.1) is 0 Å². The summed E-state index contributed by atoms with van der Waals surface area (Å²) < 4.78 is 0. The standard InChI is InChI=1S/C10H14O2/c1-2-8-3-5-9(6-4-8)7-10(11)12/h3-6,10-12H,2,7H2,1H3. The van der Waals surface area contributed by atoms with Gasteiger partial charge in [-0.3, -0.25) is 0 Å². The van der Waals surface area contributed by atoms with Crippen LogP contribution in [0.5, 0.6) is 0 Å². The van der Waals surface area contributed by atoms with Crippen LogP contribution in [0.4, 0.5) is 0 Å². The SMILES string of the molecule is CCc1ccc(CC(O)O)cc1. The number of aliphatic hydroxyl groups excluding tert-OH is 1. The quantitative estimate of drug-likeness (QED) is 0.660. The van der Waals surface area contributed by atoms with Gasteiger partial charge >= 0.3 is 0 Å². The zero-order chi connectivity index (χ0) is 8.97. The number of aryl methyl sites for hydroxylation is 1. The maximum Gasteiger partial charge on any atom is 0.155 e. The van der Waals surface area contributed by atoms with E-state index in [1.165, 1.54) is 5.56 Å². The van der Waals surface area contributed by atoms with E-state index in [9.17, 15) is 0 Å². The minimum atomic E-state index is -1.24. The Kier molecular flexibility index (Phi) is 3.26. The number of benzene rings is 1. The summed E-state index contributed by atoms with van der Waals surface area (Å²) in [4.78, 5) is 0. The van der Waals surface area contributed by atoms with Gasteiger partial charge in [0.25, 0.3) is 0 Å². The van der Waals surface area contributed by atoms with Crippen molar-refractivity contribution in [3.05, 3.63) is 35.4 Å². The molecule has 0 aliphatic carbocycles. The van der Waals surface area contributed by atoms with Crippen LogP contribution in [0.25, 0.3) is 0 Å². The van der Waals surface area contributed by atoms with Crippen LogP contribution in [0.3, 0.4) is 0 Å². The van der Waals surface area contributed by atoms with E-state index in [4.69, 9.17) is 10.2 Å². The zero-order valence-electron chi connectivity index (χ0n) is 7.20. The van der Waals surface area contributed by atoms with Crippen LogP contribution in [0.15, 0.2) is 24.3 Å². The first-order valence-electron chi connectivity index (χ1n) is 4.16. The van der Waals surface area contributed by atoms with E-state index in [-0.39, 0.29) is 0 Å². The minimum absolute atomic E-state index is 0.310. The molecule has 0 unspecified atom stereocenters. The maximum atomic E-state index is 8.69. The molecular formula is C10H14O2. The fourth-order valence-electron chi connectivity index (χ4n) is 1.12. The van der Waals surface area contributed by atoms with Crippen molar-refractivity contribution < 1.29 is 10.2 Å². The summed E-state index contributed by atoms with van der Waals surface area (Å²) in [5, 5.41) is 17.4. The molecule has 2 N–H and O–H groups in total. The van der Waals surface area contributed by atoms with Crippen molar-refractivity contribution in [2.24, 2.45) is 0 Å². The van der Waals surface area contributed by atoms with Crippen molar-refractivity contribution in [2.45, 2.75) is 26.1 Å². The second kappa shape index (κ2) is 4.24. The molecule has 0 atom stereocenters. The van der Waals surface area contributed by atoms with Gasteiger partial charge in [-0.25, -0.2) is 0 Å². The predicted molar refractivity (Wildman–Crippen MR) is 47.7 cm³/mol. The van der Waals surface area contributed by atoms with Gasteiger partial charge in [0, 0.05) is 6.42 Å². The second-order valence-corrected chi connectivity index (χ2v) is 2.85. The first-order chi connectivity index (χ1) is 5.72. The van der Waals surface area contributed by atoms with Crippen LogP contribution >= 0.6 is 0 Å². The van der Waals surface area contributed by atoms with Crippen molar-refractivity contribution in [2.75, 3.05) is 0 Å². The fraction of sp³-hybridized carbons (Fsp3) is 0.400. The first kappa shape index (κ1) is 9.23. The zero-order valence-corrected chi connectivity index (χ0v) is 7.20. The third-order valence-electron chi connectivity index (χ3n) is 1.85. The molecule has 0 saturated carbocycles. The molecule has 0 fully saturated rings. The molecule has 0 amide bonds. The normalized spacial score (nSPS) is 10.7. The maximum absolute atomic E-state index is 8.69. The summed E-state index contributed by atoms with van der Waals surface area (Å²) in [6, 6.07) is 7.88. The molecular weight excluding hydrogens is 152 g/mol. The molecule has 1 aromatic rings. The fourth-order valence-corrected chi connectivity index (χ4v) is 1.12. The molecule has 2 nitrogen and oxygen atoms in total. The van der Waals surface area contributed by atoms with E-state index in [0.29, 0.717) is 6.42 Å². The largest absolute Gasteiger partial charge is 0.368 e. The van der Waals surface area contributed by atoms with E-state index in [1.807, 2.05) is 24.3 Å². The summed E-state index contributed by atoms with van der Waals surface area (Å²) >= 11 is 0. The highest BCUT2D eigenvalue weighted by molar-refractivity contribution is 5.22. The van der Waals surface area contributed by atoms with E-state index in [2.05, 4.69) is 6.92 Å². The molecule has 0 spiro atoms. The summed E-state index contributed by atoms with van der Waals surface area (Å²) in [6.07, 6.45) is 0.0869. The van der Waals surface area contributed by atoms with Gasteiger partial charge in [-0.2, -0.15) is 0 Å². The minimum Gasteiger partial charge on any atom is -0.368 e. The molecule has 0 saturated heterocycles. The number of aliphatic hydroxyl groups is 2. The second-order valence-electron chi connectivity index (χ2n) is 2.85. The smallest absolute Gasteiger partial charge is 0.155 e. The lowest BCUT2D eigenvalue weighted by Gasteiger charge is -2.03. The van der Waals surface area contributed by atoms with Crippen molar-refractivity contribution in [1.82, 2.24) is 0 Å². The molecule has 1 aromatic carbocycles. The molecule has 0 heterocycles. The van der Waals surface area contributed by atoms with Crippen LogP contribution < -0.4 is 0 Å². The van der Waals surface area contributed by atoms with Gasteiger partial charge in [-0.1, -0.05) is 31.2 Å². The predicted octanol–water partition coefficient (Wildman–Crippen LogP) is 1.10. The van der Waals surface area contributed by atoms with Crippen molar-refractivity contribution in [3.63, 3.8) is 0 Å². The first-order valence-corrected chi connectivity index (χ1v) is 4.16. The Morgan fingerprint density at radius 3 is 2.00 bits per heavy atom. The Morgan fingerprint density at radius 1 is 1.08 bits per heavy atom. The van der Waals surface area contributed by atoms with Crippen molar-refractivity contribution in [3.8, 4) is 0 Å². The molecule has 0 aliphatic heterocycles. The van der Waals surface area contributed by atoms with Crippen molar-refractivity contribution in [1.29, 1.82) is 0 Å². The topological polar surface area (TPSA) is 40.5 Å². The van der Waals surface area contributed by atoms with Crippen LogP contribution in [-0.2, 0) is 12.8 Å². The van der Waals surface area contributed by atoms with E-state index >= 15 is 0 Å². The van der Waals surface area contributed by atoms with E-state index < -0.39 is 6.29 Å². The van der Waals surface area contributed by atoms with Crippen molar-refractivity contribution >= 4 is 0 Å². The van der Waals surface area contributed by atoms with Crippen LogP contribution in [-0.4, -0.2) is 16.5 Å².